The van der Waals surface area contributed by atoms with Gasteiger partial charge >= 0.3 is 0 Å². The standard InChI is InChI=1S/C15H29ClO/c1-2-3-4-5-6-7-8-9-10-14-13-17-12-11-15(14)16/h14-15H,2-13H2,1H3. The first-order chi connectivity index (χ1) is 8.34. The van der Waals surface area contributed by atoms with Crippen LogP contribution < -0.4 is 0 Å². The first kappa shape index (κ1) is 15.3. The van der Waals surface area contributed by atoms with E-state index in [1.54, 1.807) is 0 Å². The molecule has 1 saturated heterocycles. The summed E-state index contributed by atoms with van der Waals surface area (Å²) in [5.74, 6) is 0.616. The van der Waals surface area contributed by atoms with Crippen molar-refractivity contribution in [3.8, 4) is 0 Å². The summed E-state index contributed by atoms with van der Waals surface area (Å²) < 4.78 is 5.49. The molecule has 0 saturated carbocycles. The molecular formula is C15H29ClO. The van der Waals surface area contributed by atoms with Crippen LogP contribution in [0.2, 0.25) is 0 Å². The predicted molar refractivity (Wildman–Crippen MR) is 75.8 cm³/mol. The lowest BCUT2D eigenvalue weighted by Gasteiger charge is -2.27. The summed E-state index contributed by atoms with van der Waals surface area (Å²) in [4.78, 5) is 0. The SMILES string of the molecule is CCCCCCCCCCC1COCCC1Cl. The third-order valence-electron chi connectivity index (χ3n) is 3.81. The Morgan fingerprint density at radius 1 is 1.00 bits per heavy atom. The fourth-order valence-corrected chi connectivity index (χ4v) is 2.86. The van der Waals surface area contributed by atoms with Gasteiger partial charge in [0, 0.05) is 12.0 Å². The zero-order valence-electron chi connectivity index (χ0n) is 11.4. The normalized spacial score (nSPS) is 25.1. The average molecular weight is 261 g/mol. The lowest BCUT2D eigenvalue weighted by molar-refractivity contribution is 0.0535. The molecule has 1 fully saturated rings. The molecule has 2 atom stereocenters. The third-order valence-corrected chi connectivity index (χ3v) is 4.38. The van der Waals surface area contributed by atoms with E-state index in [4.69, 9.17) is 16.3 Å². The number of rotatable bonds is 9. The highest BCUT2D eigenvalue weighted by atomic mass is 35.5. The van der Waals surface area contributed by atoms with Gasteiger partial charge in [0.25, 0.3) is 0 Å². The number of halogens is 1. The molecule has 0 aromatic rings. The van der Waals surface area contributed by atoms with Gasteiger partial charge in [-0.2, -0.15) is 0 Å². The van der Waals surface area contributed by atoms with Crippen LogP contribution in [0.3, 0.4) is 0 Å². The second-order valence-corrected chi connectivity index (χ2v) is 5.96. The molecule has 102 valence electrons. The van der Waals surface area contributed by atoms with Crippen molar-refractivity contribution >= 4 is 11.6 Å². The highest BCUT2D eigenvalue weighted by Gasteiger charge is 2.22. The van der Waals surface area contributed by atoms with Crippen molar-refractivity contribution in [2.75, 3.05) is 13.2 Å². The highest BCUT2D eigenvalue weighted by Crippen LogP contribution is 2.25. The summed E-state index contributed by atoms with van der Waals surface area (Å²) >= 11 is 6.30. The van der Waals surface area contributed by atoms with Gasteiger partial charge in [0.15, 0.2) is 0 Å². The van der Waals surface area contributed by atoms with Crippen LogP contribution in [0.5, 0.6) is 0 Å². The maximum absolute atomic E-state index is 6.30. The summed E-state index contributed by atoms with van der Waals surface area (Å²) in [7, 11) is 0. The van der Waals surface area contributed by atoms with E-state index in [0.29, 0.717) is 11.3 Å². The van der Waals surface area contributed by atoms with E-state index >= 15 is 0 Å². The molecule has 1 nitrogen and oxygen atoms in total. The number of alkyl halides is 1. The van der Waals surface area contributed by atoms with Gasteiger partial charge in [0.2, 0.25) is 0 Å². The molecule has 1 aliphatic rings. The summed E-state index contributed by atoms with van der Waals surface area (Å²) in [5, 5.41) is 0.369. The molecule has 1 aliphatic heterocycles. The minimum atomic E-state index is 0.369. The number of hydrogen-bond donors (Lipinski definition) is 0. The minimum Gasteiger partial charge on any atom is -0.381 e. The van der Waals surface area contributed by atoms with Crippen LogP contribution in [-0.4, -0.2) is 18.6 Å². The Morgan fingerprint density at radius 2 is 1.65 bits per heavy atom. The van der Waals surface area contributed by atoms with Crippen LogP contribution in [0, 0.1) is 5.92 Å². The topological polar surface area (TPSA) is 9.23 Å². The van der Waals surface area contributed by atoms with E-state index in [-0.39, 0.29) is 0 Å². The Balaban J connectivity index is 1.86. The van der Waals surface area contributed by atoms with Crippen molar-refractivity contribution in [1.29, 1.82) is 0 Å². The van der Waals surface area contributed by atoms with E-state index in [9.17, 15) is 0 Å². The fraction of sp³-hybridized carbons (Fsp3) is 1.00. The molecule has 0 radical (unpaired) electrons. The van der Waals surface area contributed by atoms with E-state index in [2.05, 4.69) is 6.92 Å². The van der Waals surface area contributed by atoms with Crippen LogP contribution in [0.25, 0.3) is 0 Å². The van der Waals surface area contributed by atoms with Crippen molar-refractivity contribution in [3.63, 3.8) is 0 Å². The molecule has 0 N–H and O–H groups in total. The molecular weight excluding hydrogens is 232 g/mol. The van der Waals surface area contributed by atoms with Crippen molar-refractivity contribution in [2.45, 2.75) is 76.5 Å². The second kappa shape index (κ2) is 10.2. The molecule has 0 aromatic heterocycles. The summed E-state index contributed by atoms with van der Waals surface area (Å²) in [6, 6.07) is 0. The molecule has 0 amide bonds. The summed E-state index contributed by atoms with van der Waals surface area (Å²) in [5.41, 5.74) is 0. The van der Waals surface area contributed by atoms with Gasteiger partial charge in [-0.15, -0.1) is 11.6 Å². The van der Waals surface area contributed by atoms with Gasteiger partial charge in [0.05, 0.1) is 6.61 Å². The minimum absolute atomic E-state index is 0.369. The van der Waals surface area contributed by atoms with Crippen LogP contribution >= 0.6 is 11.6 Å². The molecule has 2 unspecified atom stereocenters. The summed E-state index contributed by atoms with van der Waals surface area (Å²) in [6.07, 6.45) is 13.5. The van der Waals surface area contributed by atoms with Gasteiger partial charge in [-0.25, -0.2) is 0 Å². The van der Waals surface area contributed by atoms with Gasteiger partial charge in [-0.05, 0) is 18.8 Å². The first-order valence-electron chi connectivity index (χ1n) is 7.56. The van der Waals surface area contributed by atoms with Gasteiger partial charge < -0.3 is 4.74 Å². The van der Waals surface area contributed by atoms with Crippen LogP contribution in [0.15, 0.2) is 0 Å². The Morgan fingerprint density at radius 3 is 2.29 bits per heavy atom. The van der Waals surface area contributed by atoms with Crippen LogP contribution in [0.1, 0.15) is 71.1 Å². The smallest absolute Gasteiger partial charge is 0.0508 e. The van der Waals surface area contributed by atoms with E-state index < -0.39 is 0 Å². The number of unbranched alkanes of at least 4 members (excludes halogenated alkanes) is 7. The second-order valence-electron chi connectivity index (χ2n) is 5.40. The maximum atomic E-state index is 6.30. The summed E-state index contributed by atoms with van der Waals surface area (Å²) in [6.45, 7) is 4.03. The zero-order valence-corrected chi connectivity index (χ0v) is 12.2. The van der Waals surface area contributed by atoms with E-state index in [1.807, 2.05) is 0 Å². The molecule has 1 rings (SSSR count). The Hall–Kier alpha value is 0.250. The zero-order chi connectivity index (χ0) is 12.3. The van der Waals surface area contributed by atoms with Crippen molar-refractivity contribution in [2.24, 2.45) is 5.92 Å². The Labute approximate surface area is 112 Å². The van der Waals surface area contributed by atoms with E-state index in [0.717, 1.165) is 19.6 Å². The lowest BCUT2D eigenvalue weighted by Crippen LogP contribution is -2.27. The fourth-order valence-electron chi connectivity index (χ4n) is 2.58. The Kier molecular flexibility index (Phi) is 9.18. The maximum Gasteiger partial charge on any atom is 0.0508 e. The average Bonchev–Trinajstić information content (AvgIpc) is 2.35. The van der Waals surface area contributed by atoms with Gasteiger partial charge in [0.1, 0.15) is 0 Å². The van der Waals surface area contributed by atoms with Gasteiger partial charge in [-0.3, -0.25) is 0 Å². The lowest BCUT2D eigenvalue weighted by atomic mass is 9.94. The van der Waals surface area contributed by atoms with Crippen LogP contribution in [0.4, 0.5) is 0 Å². The van der Waals surface area contributed by atoms with Crippen molar-refractivity contribution < 1.29 is 4.74 Å². The van der Waals surface area contributed by atoms with E-state index in [1.165, 1.54) is 57.8 Å². The number of hydrogen-bond acceptors (Lipinski definition) is 1. The quantitative estimate of drug-likeness (QED) is 0.411. The molecule has 0 aromatic carbocycles. The number of ether oxygens (including phenoxy) is 1. The Bertz CT molecular complexity index is 172. The first-order valence-corrected chi connectivity index (χ1v) is 8.00. The molecule has 2 heteroatoms. The molecule has 17 heavy (non-hydrogen) atoms. The molecule has 0 aliphatic carbocycles. The third kappa shape index (κ3) is 7.31. The monoisotopic (exact) mass is 260 g/mol. The van der Waals surface area contributed by atoms with Crippen molar-refractivity contribution in [3.05, 3.63) is 0 Å². The highest BCUT2D eigenvalue weighted by molar-refractivity contribution is 6.20. The van der Waals surface area contributed by atoms with Gasteiger partial charge in [-0.1, -0.05) is 58.3 Å². The molecule has 1 heterocycles. The predicted octanol–water partition coefficient (Wildman–Crippen LogP) is 5.16. The largest absolute Gasteiger partial charge is 0.381 e. The van der Waals surface area contributed by atoms with Crippen molar-refractivity contribution in [1.82, 2.24) is 0 Å². The molecule has 0 bridgehead atoms. The van der Waals surface area contributed by atoms with Crippen LogP contribution in [-0.2, 0) is 4.74 Å². The molecule has 0 spiro atoms.